The Balaban J connectivity index is 2.08. The maximum atomic E-state index is 4.49. The highest BCUT2D eigenvalue weighted by atomic mass is 15.3. The first-order chi connectivity index (χ1) is 9.40. The quantitative estimate of drug-likeness (QED) is 0.922. The molecule has 0 bridgehead atoms. The van der Waals surface area contributed by atoms with Crippen molar-refractivity contribution in [3.63, 3.8) is 0 Å². The Morgan fingerprint density at radius 3 is 2.40 bits per heavy atom. The summed E-state index contributed by atoms with van der Waals surface area (Å²) in [6.07, 6.45) is 0. The van der Waals surface area contributed by atoms with E-state index in [0.717, 1.165) is 12.2 Å². The van der Waals surface area contributed by atoms with Crippen LogP contribution in [0.5, 0.6) is 0 Å². The molecule has 2 aromatic rings. The fraction of sp³-hybridized carbons (Fsp3) is 0.471. The number of benzene rings is 1. The van der Waals surface area contributed by atoms with Crippen LogP contribution in [0.3, 0.4) is 0 Å². The van der Waals surface area contributed by atoms with Crippen LogP contribution in [0.1, 0.15) is 46.6 Å². The number of nitrogens with zero attached hydrogens (tertiary/aromatic N) is 2. The molecule has 0 aliphatic carbocycles. The summed E-state index contributed by atoms with van der Waals surface area (Å²) in [5.41, 5.74) is 7.70. The van der Waals surface area contributed by atoms with Crippen molar-refractivity contribution in [3.05, 3.63) is 51.8 Å². The molecule has 0 saturated carbocycles. The van der Waals surface area contributed by atoms with Crippen molar-refractivity contribution >= 4 is 0 Å². The largest absolute Gasteiger partial charge is 0.306 e. The zero-order valence-corrected chi connectivity index (χ0v) is 13.4. The summed E-state index contributed by atoms with van der Waals surface area (Å²) < 4.78 is 1.96. The van der Waals surface area contributed by atoms with Crippen molar-refractivity contribution in [1.29, 1.82) is 0 Å². The van der Waals surface area contributed by atoms with Gasteiger partial charge in [-0.15, -0.1) is 0 Å². The molecule has 0 aliphatic rings. The standard InChI is InChI=1S/C17H25N3/c1-11-7-8-16(9-12(11)2)10-18-13(3)17-14(4)19-20(6)15(17)5/h7-9,13,18H,10H2,1-6H3/t13-/m1/s1. The average molecular weight is 271 g/mol. The molecule has 20 heavy (non-hydrogen) atoms. The van der Waals surface area contributed by atoms with Crippen molar-refractivity contribution in [2.24, 2.45) is 7.05 Å². The molecule has 2 rings (SSSR count). The van der Waals surface area contributed by atoms with Gasteiger partial charge < -0.3 is 5.32 Å². The molecule has 108 valence electrons. The van der Waals surface area contributed by atoms with Gasteiger partial charge in [0.15, 0.2) is 0 Å². The minimum absolute atomic E-state index is 0.310. The normalized spacial score (nSPS) is 12.7. The predicted molar refractivity (Wildman–Crippen MR) is 83.9 cm³/mol. The van der Waals surface area contributed by atoms with Crippen molar-refractivity contribution in [2.45, 2.75) is 47.2 Å². The SMILES string of the molecule is Cc1ccc(CN[C@H](C)c2c(C)nn(C)c2C)cc1C. The molecule has 1 aromatic carbocycles. The summed E-state index contributed by atoms with van der Waals surface area (Å²) in [4.78, 5) is 0. The van der Waals surface area contributed by atoms with E-state index in [1.54, 1.807) is 0 Å². The zero-order valence-electron chi connectivity index (χ0n) is 13.4. The van der Waals surface area contributed by atoms with Crippen molar-refractivity contribution < 1.29 is 0 Å². The second-order valence-electron chi connectivity index (χ2n) is 5.73. The van der Waals surface area contributed by atoms with Crippen LogP contribution < -0.4 is 5.32 Å². The number of rotatable bonds is 4. The molecule has 0 aliphatic heterocycles. The van der Waals surface area contributed by atoms with Gasteiger partial charge in [0, 0.05) is 30.9 Å². The number of hydrogen-bond donors (Lipinski definition) is 1. The van der Waals surface area contributed by atoms with E-state index in [0.29, 0.717) is 6.04 Å². The van der Waals surface area contributed by atoms with Crippen molar-refractivity contribution in [2.75, 3.05) is 0 Å². The van der Waals surface area contributed by atoms with Crippen LogP contribution in [0.15, 0.2) is 18.2 Å². The first-order valence-electron chi connectivity index (χ1n) is 7.19. The topological polar surface area (TPSA) is 29.9 Å². The number of aromatic nitrogens is 2. The number of hydrogen-bond acceptors (Lipinski definition) is 2. The lowest BCUT2D eigenvalue weighted by Crippen LogP contribution is -2.19. The van der Waals surface area contributed by atoms with Gasteiger partial charge in [0.2, 0.25) is 0 Å². The van der Waals surface area contributed by atoms with Gasteiger partial charge >= 0.3 is 0 Å². The molecule has 0 amide bonds. The van der Waals surface area contributed by atoms with Gasteiger partial charge in [-0.2, -0.15) is 5.10 Å². The first-order valence-corrected chi connectivity index (χ1v) is 7.19. The Kier molecular flexibility index (Phi) is 4.29. The highest BCUT2D eigenvalue weighted by molar-refractivity contribution is 5.31. The molecule has 3 heteroatoms. The summed E-state index contributed by atoms with van der Waals surface area (Å²) in [6.45, 7) is 11.6. The maximum Gasteiger partial charge on any atom is 0.0644 e. The summed E-state index contributed by atoms with van der Waals surface area (Å²) in [5, 5.41) is 8.09. The Labute approximate surface area is 122 Å². The van der Waals surface area contributed by atoms with Crippen LogP contribution >= 0.6 is 0 Å². The van der Waals surface area contributed by atoms with Gasteiger partial charge in [-0.05, 0) is 51.3 Å². The van der Waals surface area contributed by atoms with E-state index >= 15 is 0 Å². The lowest BCUT2D eigenvalue weighted by atomic mass is 10.0. The smallest absolute Gasteiger partial charge is 0.0644 e. The third kappa shape index (κ3) is 2.93. The monoisotopic (exact) mass is 271 g/mol. The second-order valence-corrected chi connectivity index (χ2v) is 5.73. The molecule has 3 nitrogen and oxygen atoms in total. The third-order valence-electron chi connectivity index (χ3n) is 4.18. The summed E-state index contributed by atoms with van der Waals surface area (Å²) in [6, 6.07) is 6.96. The van der Waals surface area contributed by atoms with Crippen LogP contribution in [-0.2, 0) is 13.6 Å². The molecule has 0 fully saturated rings. The van der Waals surface area contributed by atoms with E-state index < -0.39 is 0 Å². The molecule has 1 aromatic heterocycles. The Hall–Kier alpha value is -1.61. The lowest BCUT2D eigenvalue weighted by Gasteiger charge is -2.15. The van der Waals surface area contributed by atoms with E-state index in [1.807, 2.05) is 11.7 Å². The van der Waals surface area contributed by atoms with Gasteiger partial charge in [-0.1, -0.05) is 18.2 Å². The van der Waals surface area contributed by atoms with Crippen LogP contribution in [0.25, 0.3) is 0 Å². The highest BCUT2D eigenvalue weighted by Crippen LogP contribution is 2.21. The van der Waals surface area contributed by atoms with E-state index in [4.69, 9.17) is 0 Å². The molecular weight excluding hydrogens is 246 g/mol. The lowest BCUT2D eigenvalue weighted by molar-refractivity contribution is 0.568. The highest BCUT2D eigenvalue weighted by Gasteiger charge is 2.15. The number of nitrogens with one attached hydrogen (secondary N) is 1. The molecule has 0 radical (unpaired) electrons. The van der Waals surface area contributed by atoms with E-state index in [2.05, 4.69) is 63.2 Å². The Bertz CT molecular complexity index is 611. The van der Waals surface area contributed by atoms with Gasteiger partial charge in [0.25, 0.3) is 0 Å². The second kappa shape index (κ2) is 5.80. The van der Waals surface area contributed by atoms with Gasteiger partial charge in [-0.25, -0.2) is 0 Å². The van der Waals surface area contributed by atoms with Crippen LogP contribution in [0.4, 0.5) is 0 Å². The van der Waals surface area contributed by atoms with E-state index in [-0.39, 0.29) is 0 Å². The van der Waals surface area contributed by atoms with Gasteiger partial charge in [-0.3, -0.25) is 4.68 Å². The maximum absolute atomic E-state index is 4.49. The van der Waals surface area contributed by atoms with Crippen LogP contribution in [0.2, 0.25) is 0 Å². The Morgan fingerprint density at radius 2 is 1.85 bits per heavy atom. The fourth-order valence-corrected chi connectivity index (χ4v) is 2.70. The van der Waals surface area contributed by atoms with Crippen LogP contribution in [0, 0.1) is 27.7 Å². The summed E-state index contributed by atoms with van der Waals surface area (Å²) in [5.74, 6) is 0. The van der Waals surface area contributed by atoms with Crippen molar-refractivity contribution in [3.8, 4) is 0 Å². The first kappa shape index (κ1) is 14.8. The molecule has 1 atom stereocenters. The molecule has 1 N–H and O–H groups in total. The summed E-state index contributed by atoms with van der Waals surface area (Å²) >= 11 is 0. The molecule has 0 saturated heterocycles. The molecular formula is C17H25N3. The third-order valence-corrected chi connectivity index (χ3v) is 4.18. The van der Waals surface area contributed by atoms with Gasteiger partial charge in [0.1, 0.15) is 0 Å². The van der Waals surface area contributed by atoms with Crippen molar-refractivity contribution in [1.82, 2.24) is 15.1 Å². The Morgan fingerprint density at radius 1 is 1.15 bits per heavy atom. The fourth-order valence-electron chi connectivity index (χ4n) is 2.70. The molecule has 0 unspecified atom stereocenters. The average Bonchev–Trinajstić information content (AvgIpc) is 2.64. The minimum atomic E-state index is 0.310. The zero-order chi connectivity index (χ0) is 14.9. The predicted octanol–water partition coefficient (Wildman–Crippen LogP) is 3.50. The van der Waals surface area contributed by atoms with Gasteiger partial charge in [0.05, 0.1) is 5.69 Å². The van der Waals surface area contributed by atoms with Crippen LogP contribution in [-0.4, -0.2) is 9.78 Å². The van der Waals surface area contributed by atoms with E-state index in [9.17, 15) is 0 Å². The minimum Gasteiger partial charge on any atom is -0.306 e. The van der Waals surface area contributed by atoms with E-state index in [1.165, 1.54) is 27.9 Å². The molecule has 0 spiro atoms. The number of aryl methyl sites for hydroxylation is 4. The molecule has 1 heterocycles. The summed E-state index contributed by atoms with van der Waals surface area (Å²) in [7, 11) is 2.00.